The van der Waals surface area contributed by atoms with Crippen LogP contribution in [0.15, 0.2) is 59.2 Å². The van der Waals surface area contributed by atoms with Crippen LogP contribution in [0.25, 0.3) is 0 Å². The molecule has 48 heavy (non-hydrogen) atoms. The van der Waals surface area contributed by atoms with Crippen LogP contribution in [-0.2, 0) is 36.8 Å². The van der Waals surface area contributed by atoms with Crippen molar-refractivity contribution in [1.29, 1.82) is 0 Å². The fraction of sp³-hybridized carbons (Fsp3) is 0.424. The minimum absolute atomic E-state index is 0.0797. The topological polar surface area (TPSA) is 194 Å². The second-order valence-electron chi connectivity index (χ2n) is 11.7. The molecule has 3 aliphatic heterocycles. The van der Waals surface area contributed by atoms with Crippen molar-refractivity contribution in [1.82, 2.24) is 36.5 Å². The quantitative estimate of drug-likeness (QED) is 0.255. The summed E-state index contributed by atoms with van der Waals surface area (Å²) in [7, 11) is 0. The van der Waals surface area contributed by atoms with Gasteiger partial charge in [-0.1, -0.05) is 47.6 Å². The first kappa shape index (κ1) is 33.9. The Morgan fingerprint density at radius 1 is 1.00 bits per heavy atom. The molecule has 15 nitrogen and oxygen atoms in total. The molecule has 2 bridgehead atoms. The Morgan fingerprint density at radius 3 is 2.50 bits per heavy atom. The first-order valence-electron chi connectivity index (χ1n) is 15.8. The fourth-order valence-electron chi connectivity index (χ4n) is 5.58. The SMILES string of the molecule is Cc1nonc1OCCNC(=O)[C@@H]1Cc2ccc(cc2)OCC(=O)N[C@H](Cc2ccccc2)C(=O)N2CCC[C@@H]2C(=O)N[C@@H](C)C(=O)N1. The third-order valence-corrected chi connectivity index (χ3v) is 8.12. The van der Waals surface area contributed by atoms with Gasteiger partial charge in [0.2, 0.25) is 23.6 Å². The van der Waals surface area contributed by atoms with Crippen molar-refractivity contribution in [2.24, 2.45) is 0 Å². The van der Waals surface area contributed by atoms with Gasteiger partial charge in [-0.15, -0.1) is 0 Å². The van der Waals surface area contributed by atoms with E-state index in [4.69, 9.17) is 9.47 Å². The minimum Gasteiger partial charge on any atom is -0.484 e. The molecule has 5 amide bonds. The maximum absolute atomic E-state index is 13.9. The molecule has 1 saturated heterocycles. The molecule has 0 spiro atoms. The van der Waals surface area contributed by atoms with Crippen molar-refractivity contribution in [3.8, 4) is 11.6 Å². The van der Waals surface area contributed by atoms with Gasteiger partial charge in [0.1, 0.15) is 42.2 Å². The number of hydrogen-bond donors (Lipinski definition) is 4. The van der Waals surface area contributed by atoms with E-state index in [1.807, 2.05) is 30.3 Å². The molecular formula is C33H39N7O8. The highest BCUT2D eigenvalue weighted by Crippen LogP contribution is 2.21. The minimum atomic E-state index is -1.02. The Labute approximate surface area is 277 Å². The molecule has 15 heteroatoms. The Bertz CT molecular complexity index is 1600. The van der Waals surface area contributed by atoms with Crippen molar-refractivity contribution in [3.63, 3.8) is 0 Å². The molecule has 0 radical (unpaired) electrons. The van der Waals surface area contributed by atoms with Crippen LogP contribution >= 0.6 is 0 Å². The molecule has 6 rings (SSSR count). The van der Waals surface area contributed by atoms with Gasteiger partial charge in [-0.05, 0) is 55.1 Å². The highest BCUT2D eigenvalue weighted by Gasteiger charge is 2.39. The summed E-state index contributed by atoms with van der Waals surface area (Å²) in [4.78, 5) is 68.4. The van der Waals surface area contributed by atoms with Gasteiger partial charge < -0.3 is 35.6 Å². The van der Waals surface area contributed by atoms with Crippen molar-refractivity contribution in [2.45, 2.75) is 63.7 Å². The highest BCUT2D eigenvalue weighted by atomic mass is 16.6. The number of rotatable bonds is 7. The maximum atomic E-state index is 13.9. The van der Waals surface area contributed by atoms with E-state index in [9.17, 15) is 24.0 Å². The zero-order chi connectivity index (χ0) is 34.0. The number of carbonyl (C=O) groups excluding carboxylic acids is 5. The molecule has 2 aromatic carbocycles. The van der Waals surface area contributed by atoms with Crippen LogP contribution in [0.4, 0.5) is 0 Å². The van der Waals surface area contributed by atoms with Gasteiger partial charge in [0.15, 0.2) is 6.61 Å². The second-order valence-corrected chi connectivity index (χ2v) is 11.7. The van der Waals surface area contributed by atoms with Crippen LogP contribution in [0, 0.1) is 6.92 Å². The number of hydrogen-bond acceptors (Lipinski definition) is 10. The van der Waals surface area contributed by atoms with Gasteiger partial charge in [0.05, 0.1) is 6.54 Å². The molecule has 1 aromatic heterocycles. The summed E-state index contributed by atoms with van der Waals surface area (Å²) in [5.74, 6) is -1.83. The molecule has 0 unspecified atom stereocenters. The standard InChI is InChI=1S/C33H39N7O8/c1-20-29(42)37-25(30(43)34-14-16-46-32-21(2)38-48-39-32)17-23-10-12-24(13-11-23)47-19-28(41)36-26(18-22-7-4-3-5-8-22)33(45)40-15-6-9-27(40)31(44)35-20/h3-5,7-8,10-13,20,25-27H,6,9,14-19H2,1-2H3,(H,34,43)(H,35,44)(H,36,41)(H,37,42)/t20-,25-,26+,27+/m0/s1. The number of nitrogens with zero attached hydrogens (tertiary/aromatic N) is 3. The van der Waals surface area contributed by atoms with E-state index in [0.29, 0.717) is 36.4 Å². The number of amides is 5. The van der Waals surface area contributed by atoms with Crippen molar-refractivity contribution >= 4 is 29.5 Å². The first-order chi connectivity index (χ1) is 23.2. The number of nitrogens with one attached hydrogen (secondary N) is 4. The zero-order valence-corrected chi connectivity index (χ0v) is 26.8. The van der Waals surface area contributed by atoms with E-state index < -0.39 is 53.7 Å². The maximum Gasteiger partial charge on any atom is 0.278 e. The van der Waals surface area contributed by atoms with Crippen molar-refractivity contribution in [2.75, 3.05) is 26.3 Å². The van der Waals surface area contributed by atoms with Gasteiger partial charge >= 0.3 is 0 Å². The van der Waals surface area contributed by atoms with Crippen LogP contribution in [0.3, 0.4) is 0 Å². The lowest BCUT2D eigenvalue weighted by atomic mass is 10.0. The van der Waals surface area contributed by atoms with E-state index >= 15 is 0 Å². The van der Waals surface area contributed by atoms with E-state index in [0.717, 1.165) is 5.56 Å². The summed E-state index contributed by atoms with van der Waals surface area (Å²) in [6.07, 6.45) is 1.31. The lowest BCUT2D eigenvalue weighted by Crippen LogP contribution is -2.58. The van der Waals surface area contributed by atoms with Crippen LogP contribution in [0.1, 0.15) is 36.6 Å². The summed E-state index contributed by atoms with van der Waals surface area (Å²) in [6.45, 7) is 3.34. The lowest BCUT2D eigenvalue weighted by molar-refractivity contribution is -0.142. The predicted octanol–water partition coefficient (Wildman–Crippen LogP) is 0.216. The second kappa shape index (κ2) is 15.9. The summed E-state index contributed by atoms with van der Waals surface area (Å²) in [5, 5.41) is 18.3. The number of carbonyl (C=O) groups is 5. The Morgan fingerprint density at radius 2 is 1.77 bits per heavy atom. The molecule has 254 valence electrons. The number of aromatic nitrogens is 2. The predicted molar refractivity (Wildman–Crippen MR) is 170 cm³/mol. The largest absolute Gasteiger partial charge is 0.484 e. The Kier molecular flexibility index (Phi) is 11.2. The van der Waals surface area contributed by atoms with Gasteiger partial charge in [0, 0.05) is 19.4 Å². The summed E-state index contributed by atoms with van der Waals surface area (Å²) in [6, 6.07) is 12.2. The van der Waals surface area contributed by atoms with Crippen LogP contribution < -0.4 is 30.7 Å². The summed E-state index contributed by atoms with van der Waals surface area (Å²) >= 11 is 0. The molecule has 0 saturated carbocycles. The van der Waals surface area contributed by atoms with E-state index in [-0.39, 0.29) is 38.5 Å². The lowest BCUT2D eigenvalue weighted by Gasteiger charge is -2.29. The number of aryl methyl sites for hydroxylation is 1. The Hall–Kier alpha value is -5.47. The van der Waals surface area contributed by atoms with Crippen LogP contribution in [0.2, 0.25) is 0 Å². The third kappa shape index (κ3) is 8.86. The average molecular weight is 662 g/mol. The smallest absolute Gasteiger partial charge is 0.278 e. The molecule has 4 heterocycles. The highest BCUT2D eigenvalue weighted by molar-refractivity contribution is 5.96. The summed E-state index contributed by atoms with van der Waals surface area (Å²) in [5.41, 5.74) is 2.01. The number of benzene rings is 2. The molecule has 4 atom stereocenters. The molecule has 1 fully saturated rings. The molecule has 4 N–H and O–H groups in total. The number of ether oxygens (including phenoxy) is 2. The monoisotopic (exact) mass is 661 g/mol. The molecular weight excluding hydrogens is 622 g/mol. The van der Waals surface area contributed by atoms with Gasteiger partial charge in [-0.25, -0.2) is 4.63 Å². The van der Waals surface area contributed by atoms with Crippen molar-refractivity contribution in [3.05, 3.63) is 71.4 Å². The molecule has 3 aromatic rings. The normalized spacial score (nSPS) is 22.2. The fourth-order valence-corrected chi connectivity index (χ4v) is 5.58. The first-order valence-corrected chi connectivity index (χ1v) is 15.8. The van der Waals surface area contributed by atoms with E-state index in [2.05, 4.69) is 36.2 Å². The average Bonchev–Trinajstić information content (AvgIpc) is 3.74. The molecule has 0 aliphatic carbocycles. The Balaban J connectivity index is 1.32. The number of fused-ring (bicyclic) bond motifs is 13. The molecule has 3 aliphatic rings. The van der Waals surface area contributed by atoms with Crippen molar-refractivity contribution < 1.29 is 38.1 Å². The zero-order valence-electron chi connectivity index (χ0n) is 26.8. The van der Waals surface area contributed by atoms with Crippen LogP contribution in [-0.4, -0.2) is 95.2 Å². The van der Waals surface area contributed by atoms with Gasteiger partial charge in [0.25, 0.3) is 11.8 Å². The van der Waals surface area contributed by atoms with Crippen LogP contribution in [0.5, 0.6) is 11.6 Å². The third-order valence-electron chi connectivity index (χ3n) is 8.12. The summed E-state index contributed by atoms with van der Waals surface area (Å²) < 4.78 is 15.8. The van der Waals surface area contributed by atoms with E-state index in [1.165, 1.54) is 11.8 Å². The van der Waals surface area contributed by atoms with Gasteiger partial charge in [-0.2, -0.15) is 0 Å². The van der Waals surface area contributed by atoms with E-state index in [1.54, 1.807) is 31.2 Å². The van der Waals surface area contributed by atoms with Gasteiger partial charge in [-0.3, -0.25) is 24.0 Å².